The molecule has 5 rings (SSSR count). The van der Waals surface area contributed by atoms with Crippen LogP contribution in [0.25, 0.3) is 10.9 Å². The molecular formula is C43H62N6O6. The summed E-state index contributed by atoms with van der Waals surface area (Å²) >= 11 is 0. The fraction of sp³-hybridized carbons (Fsp3) is 0.628. The van der Waals surface area contributed by atoms with Crippen LogP contribution >= 0.6 is 0 Å². The van der Waals surface area contributed by atoms with Crippen LogP contribution in [-0.2, 0) is 19.2 Å². The molecular weight excluding hydrogens is 697 g/mol. The molecule has 300 valence electrons. The maximum atomic E-state index is 14.6. The van der Waals surface area contributed by atoms with Gasteiger partial charge in [0.05, 0.1) is 29.2 Å². The highest BCUT2D eigenvalue weighted by Gasteiger charge is 2.49. The Hall–Kier alpha value is -4.16. The predicted octanol–water partition coefficient (Wildman–Crippen LogP) is 4.66. The van der Waals surface area contributed by atoms with Crippen molar-refractivity contribution in [2.24, 2.45) is 28.6 Å². The van der Waals surface area contributed by atoms with Gasteiger partial charge in [-0.3, -0.25) is 33.9 Å². The number of aromatic nitrogens is 1. The summed E-state index contributed by atoms with van der Waals surface area (Å²) < 4.78 is 0. The first-order valence-electron chi connectivity index (χ1n) is 20.2. The maximum absolute atomic E-state index is 14.6. The number of benzene rings is 1. The second-order valence-electron chi connectivity index (χ2n) is 17.9. The van der Waals surface area contributed by atoms with Gasteiger partial charge in [-0.2, -0.15) is 0 Å². The van der Waals surface area contributed by atoms with Crippen LogP contribution in [0.4, 0.5) is 0 Å². The van der Waals surface area contributed by atoms with E-state index in [0.717, 1.165) is 55.8 Å². The topological polar surface area (TPSA) is 170 Å². The molecule has 5 N–H and O–H groups in total. The lowest BCUT2D eigenvalue weighted by atomic mass is 9.70. The lowest BCUT2D eigenvalue weighted by Crippen LogP contribution is -2.64. The number of carbonyl (C=O) groups excluding carboxylic acids is 5. The van der Waals surface area contributed by atoms with Gasteiger partial charge in [0, 0.05) is 24.7 Å². The molecule has 2 aliphatic carbocycles. The molecule has 0 radical (unpaired) electrons. The Morgan fingerprint density at radius 3 is 2.36 bits per heavy atom. The first kappa shape index (κ1) is 42.0. The molecule has 0 spiro atoms. The minimum absolute atomic E-state index is 0.0546. The highest BCUT2D eigenvalue weighted by molar-refractivity contribution is 6.38. The molecule has 1 saturated heterocycles. The number of likely N-dealkylation sites (tertiary alicyclic amines) is 1. The number of nitrogens with zero attached hydrogens (tertiary/aromatic N) is 2. The van der Waals surface area contributed by atoms with Crippen molar-refractivity contribution in [1.82, 2.24) is 31.2 Å². The molecule has 1 aromatic carbocycles. The van der Waals surface area contributed by atoms with E-state index < -0.39 is 70.6 Å². The fourth-order valence-electron chi connectivity index (χ4n) is 8.30. The average molecular weight is 759 g/mol. The number of nitrogens with one attached hydrogen (secondary N) is 4. The first-order chi connectivity index (χ1) is 26.0. The number of amides is 4. The van der Waals surface area contributed by atoms with Crippen molar-refractivity contribution in [2.45, 2.75) is 130 Å². The number of fused-ring (bicyclic) bond motifs is 1. The van der Waals surface area contributed by atoms with Crippen molar-refractivity contribution in [3.05, 3.63) is 54.7 Å². The van der Waals surface area contributed by atoms with Crippen molar-refractivity contribution in [2.75, 3.05) is 13.1 Å². The van der Waals surface area contributed by atoms with Gasteiger partial charge in [0.15, 0.2) is 0 Å². The third-order valence-corrected chi connectivity index (χ3v) is 12.1. The molecule has 6 atom stereocenters. The van der Waals surface area contributed by atoms with E-state index in [2.05, 4.69) is 46.7 Å². The second kappa shape index (κ2) is 17.7. The van der Waals surface area contributed by atoms with Gasteiger partial charge in [0.2, 0.25) is 17.6 Å². The fourth-order valence-corrected chi connectivity index (χ4v) is 8.30. The molecule has 3 aliphatic rings. The lowest BCUT2D eigenvalue weighted by molar-refractivity contribution is -0.142. The van der Waals surface area contributed by atoms with Gasteiger partial charge in [-0.15, -0.1) is 6.58 Å². The number of carbonyl (C=O) groups is 5. The Morgan fingerprint density at radius 1 is 1.04 bits per heavy atom. The monoisotopic (exact) mass is 758 g/mol. The first-order valence-corrected chi connectivity index (χ1v) is 20.2. The number of hydrogen-bond donors (Lipinski definition) is 5. The summed E-state index contributed by atoms with van der Waals surface area (Å²) in [7, 11) is 0. The number of Topliss-reactive ketones (excluding diaryl/α,β-unsaturated/α-hetero) is 1. The van der Waals surface area contributed by atoms with Crippen molar-refractivity contribution in [3.63, 3.8) is 0 Å². The Balaban J connectivity index is 1.39. The number of para-hydroxylation sites is 1. The van der Waals surface area contributed by atoms with Crippen molar-refractivity contribution in [1.29, 1.82) is 0 Å². The molecule has 3 fully saturated rings. The quantitative estimate of drug-likeness (QED) is 0.122. The summed E-state index contributed by atoms with van der Waals surface area (Å²) in [4.78, 5) is 74.8. The zero-order valence-corrected chi connectivity index (χ0v) is 33.5. The average Bonchev–Trinajstić information content (AvgIpc) is 3.86. The van der Waals surface area contributed by atoms with Crippen molar-refractivity contribution < 1.29 is 29.1 Å². The third kappa shape index (κ3) is 10.4. The summed E-state index contributed by atoms with van der Waals surface area (Å²) in [5.41, 5.74) is -0.0904. The van der Waals surface area contributed by atoms with E-state index in [0.29, 0.717) is 24.9 Å². The van der Waals surface area contributed by atoms with Crippen molar-refractivity contribution >= 4 is 40.3 Å². The van der Waals surface area contributed by atoms with Gasteiger partial charge in [0.1, 0.15) is 12.3 Å². The van der Waals surface area contributed by atoms with Crippen LogP contribution in [-0.4, -0.2) is 87.9 Å². The van der Waals surface area contributed by atoms with E-state index in [1.165, 1.54) is 12.3 Å². The van der Waals surface area contributed by atoms with Crippen LogP contribution in [0.2, 0.25) is 0 Å². The molecule has 0 bridgehead atoms. The minimum Gasteiger partial charge on any atom is -0.376 e. The Bertz CT molecular complexity index is 1730. The van der Waals surface area contributed by atoms with Crippen LogP contribution < -0.4 is 21.3 Å². The largest absolute Gasteiger partial charge is 0.376 e. The smallest absolute Gasteiger partial charge is 0.289 e. The Labute approximate surface area is 326 Å². The van der Waals surface area contributed by atoms with E-state index in [-0.39, 0.29) is 24.3 Å². The van der Waals surface area contributed by atoms with Gasteiger partial charge in [0.25, 0.3) is 11.8 Å². The molecule has 3 unspecified atom stereocenters. The van der Waals surface area contributed by atoms with E-state index in [9.17, 15) is 29.1 Å². The normalized spacial score (nSPS) is 22.3. The maximum Gasteiger partial charge on any atom is 0.289 e. The standard InChI is InChI=1S/C43H62N6O6/c1-8-20-44-39(53)34(50)32(21-27-16-17-27)46-38(52)33-23-30(26(2)3)25-49(33)41(55)36(42(4,5)6)48-40(54)35(43(7)18-12-9-13-19-43)47-37(51)29-22-28-14-10-11-15-31(28)45-24-29/h8,10-11,14-15,22,24,26-27,30,32-33,35-36,41,55H,1,9,12-13,16-21,23,25H2,2-7H3,(H,44,53)(H,46,52)(H,47,51)(H,48,54)/t30?,32?,33-,35+,36+,41?/m0/s1. The molecule has 55 heavy (non-hydrogen) atoms. The number of hydrogen-bond acceptors (Lipinski definition) is 8. The predicted molar refractivity (Wildman–Crippen MR) is 213 cm³/mol. The second-order valence-corrected chi connectivity index (χ2v) is 17.9. The third-order valence-electron chi connectivity index (χ3n) is 12.1. The summed E-state index contributed by atoms with van der Waals surface area (Å²) in [6.45, 7) is 16.1. The minimum atomic E-state index is -1.28. The summed E-state index contributed by atoms with van der Waals surface area (Å²) in [5.74, 6) is -2.19. The SMILES string of the molecule is C=CCNC(=O)C(=O)C(CC1CC1)NC(=O)[C@@H]1CC(C(C)C)CN1C(O)[C@@H](NC(=O)[C@@H](NC(=O)c1cnc2ccccc2c1)C1(C)CCCCC1)C(C)(C)C. The van der Waals surface area contributed by atoms with E-state index >= 15 is 0 Å². The number of ketones is 1. The summed E-state index contributed by atoms with van der Waals surface area (Å²) in [5, 5.41) is 24.8. The molecule has 2 heterocycles. The van der Waals surface area contributed by atoms with Gasteiger partial charge < -0.3 is 26.4 Å². The highest BCUT2D eigenvalue weighted by Crippen LogP contribution is 2.40. The molecule has 1 aromatic heterocycles. The van der Waals surface area contributed by atoms with Gasteiger partial charge in [-0.25, -0.2) is 0 Å². The van der Waals surface area contributed by atoms with Crippen molar-refractivity contribution in [3.8, 4) is 0 Å². The van der Waals surface area contributed by atoms with E-state index in [1.54, 1.807) is 11.0 Å². The molecule has 2 saturated carbocycles. The summed E-state index contributed by atoms with van der Waals surface area (Å²) in [6, 6.07) is 5.79. The van der Waals surface area contributed by atoms with Gasteiger partial charge in [-0.1, -0.05) is 97.9 Å². The van der Waals surface area contributed by atoms with Crippen LogP contribution in [0.15, 0.2) is 49.2 Å². The molecule has 2 aromatic rings. The Morgan fingerprint density at radius 2 is 1.73 bits per heavy atom. The van der Waals surface area contributed by atoms with E-state index in [4.69, 9.17) is 0 Å². The van der Waals surface area contributed by atoms with Crippen LogP contribution in [0, 0.1) is 28.6 Å². The van der Waals surface area contributed by atoms with Crippen LogP contribution in [0.1, 0.15) is 110 Å². The molecule has 1 aliphatic heterocycles. The zero-order chi connectivity index (χ0) is 40.1. The molecule has 4 amide bonds. The number of pyridine rings is 1. The van der Waals surface area contributed by atoms with Crippen LogP contribution in [0.3, 0.4) is 0 Å². The zero-order valence-electron chi connectivity index (χ0n) is 33.5. The number of aliphatic hydroxyl groups excluding tert-OH is 1. The molecule has 12 heteroatoms. The van der Waals surface area contributed by atoms with Gasteiger partial charge >= 0.3 is 0 Å². The summed E-state index contributed by atoms with van der Waals surface area (Å²) in [6.07, 6.45) is 8.83. The number of aliphatic hydroxyl groups is 1. The number of rotatable bonds is 16. The molecule has 12 nitrogen and oxygen atoms in total. The lowest BCUT2D eigenvalue weighted by Gasteiger charge is -2.44. The van der Waals surface area contributed by atoms with Gasteiger partial charge in [-0.05, 0) is 66.4 Å². The van der Waals surface area contributed by atoms with E-state index in [1.807, 2.05) is 52.0 Å². The Kier molecular flexibility index (Phi) is 13.6. The highest BCUT2D eigenvalue weighted by atomic mass is 16.3. The van der Waals surface area contributed by atoms with Crippen LogP contribution in [0.5, 0.6) is 0 Å².